The van der Waals surface area contributed by atoms with Crippen molar-refractivity contribution in [1.29, 1.82) is 0 Å². The Morgan fingerprint density at radius 3 is 2.56 bits per heavy atom. The third kappa shape index (κ3) is 4.76. The number of hydrogen-bond acceptors (Lipinski definition) is 4. The van der Waals surface area contributed by atoms with Gasteiger partial charge >= 0.3 is 0 Å². The van der Waals surface area contributed by atoms with Gasteiger partial charge in [0.15, 0.2) is 0 Å². The fourth-order valence-corrected chi connectivity index (χ4v) is 3.95. The zero-order valence-electron chi connectivity index (χ0n) is 16.3. The highest BCUT2D eigenvalue weighted by atomic mass is 16.5. The van der Waals surface area contributed by atoms with Crippen LogP contribution >= 0.6 is 0 Å². The predicted molar refractivity (Wildman–Crippen MR) is 104 cm³/mol. The number of ether oxygens (including phenoxy) is 1. The zero-order chi connectivity index (χ0) is 19.4. The number of likely N-dealkylation sites (tertiary alicyclic amines) is 1. The van der Waals surface area contributed by atoms with Gasteiger partial charge in [0, 0.05) is 46.2 Å². The normalized spacial score (nSPS) is 23.5. The molecule has 146 valence electrons. The van der Waals surface area contributed by atoms with Gasteiger partial charge in [-0.3, -0.25) is 14.5 Å². The second-order valence-corrected chi connectivity index (χ2v) is 7.40. The van der Waals surface area contributed by atoms with Gasteiger partial charge in [-0.1, -0.05) is 36.4 Å². The van der Waals surface area contributed by atoms with Crippen LogP contribution in [0.25, 0.3) is 0 Å². The van der Waals surface area contributed by atoms with Gasteiger partial charge in [-0.15, -0.1) is 0 Å². The Hall–Kier alpha value is -2.18. The Labute approximate surface area is 161 Å². The van der Waals surface area contributed by atoms with Gasteiger partial charge in [0.25, 0.3) is 0 Å². The Bertz CT molecular complexity index is 698. The van der Waals surface area contributed by atoms with Crippen LogP contribution in [0.15, 0.2) is 36.9 Å². The molecule has 2 saturated heterocycles. The van der Waals surface area contributed by atoms with E-state index in [2.05, 4.69) is 36.6 Å². The molecule has 0 N–H and O–H groups in total. The molecular weight excluding hydrogens is 342 g/mol. The third-order valence-corrected chi connectivity index (χ3v) is 5.50. The van der Waals surface area contributed by atoms with E-state index in [0.29, 0.717) is 19.7 Å². The van der Waals surface area contributed by atoms with E-state index < -0.39 is 0 Å². The van der Waals surface area contributed by atoms with Gasteiger partial charge in [-0.2, -0.15) is 0 Å². The molecule has 3 rings (SSSR count). The monoisotopic (exact) mass is 371 g/mol. The lowest BCUT2D eigenvalue weighted by molar-refractivity contribution is -0.131. The van der Waals surface area contributed by atoms with Crippen LogP contribution in [0.1, 0.15) is 18.1 Å². The summed E-state index contributed by atoms with van der Waals surface area (Å²) in [6.07, 6.45) is 1.33. The summed E-state index contributed by atoms with van der Waals surface area (Å²) in [5, 5.41) is 0. The van der Waals surface area contributed by atoms with Crippen LogP contribution < -0.4 is 0 Å². The molecule has 0 saturated carbocycles. The van der Waals surface area contributed by atoms with Crippen LogP contribution in [0.3, 0.4) is 0 Å². The van der Waals surface area contributed by atoms with Gasteiger partial charge in [0.1, 0.15) is 0 Å². The Balaban J connectivity index is 1.66. The van der Waals surface area contributed by atoms with Crippen LogP contribution in [0.5, 0.6) is 0 Å². The van der Waals surface area contributed by atoms with E-state index in [0.717, 1.165) is 31.7 Å². The van der Waals surface area contributed by atoms with Crippen LogP contribution in [0, 0.1) is 6.92 Å². The molecule has 0 bridgehead atoms. The van der Waals surface area contributed by atoms with E-state index in [1.54, 1.807) is 6.92 Å². The second-order valence-electron chi connectivity index (χ2n) is 7.40. The third-order valence-electron chi connectivity index (χ3n) is 5.50. The molecule has 0 spiro atoms. The number of carbonyl (C=O) groups is 2. The van der Waals surface area contributed by atoms with Crippen LogP contribution in [0.2, 0.25) is 0 Å². The summed E-state index contributed by atoms with van der Waals surface area (Å²) in [7, 11) is 0. The average Bonchev–Trinajstić information content (AvgIpc) is 3.10. The summed E-state index contributed by atoms with van der Waals surface area (Å²) in [6, 6.07) is 8.44. The molecular formula is C21H29N3O3. The first kappa shape index (κ1) is 19.6. The van der Waals surface area contributed by atoms with Gasteiger partial charge < -0.3 is 14.5 Å². The van der Waals surface area contributed by atoms with Crippen LogP contribution in [0.4, 0.5) is 0 Å². The predicted octanol–water partition coefficient (Wildman–Crippen LogP) is 1.44. The van der Waals surface area contributed by atoms with E-state index in [4.69, 9.17) is 4.74 Å². The van der Waals surface area contributed by atoms with Crippen molar-refractivity contribution in [2.24, 2.45) is 0 Å². The maximum absolute atomic E-state index is 12.1. The first-order valence-corrected chi connectivity index (χ1v) is 9.56. The molecule has 1 aromatic rings. The van der Waals surface area contributed by atoms with E-state index >= 15 is 0 Å². The Morgan fingerprint density at radius 2 is 1.93 bits per heavy atom. The fraction of sp³-hybridized carbons (Fsp3) is 0.524. The van der Waals surface area contributed by atoms with Crippen molar-refractivity contribution < 1.29 is 14.3 Å². The SMILES string of the molecule is C=CC(=O)N1C[C@@H](N2CCN(C(C)=O)CC2)[C@H](OCc2cccc(C)c2)C1. The molecule has 2 amide bonds. The van der Waals surface area contributed by atoms with Crippen LogP contribution in [-0.4, -0.2) is 77.9 Å². The standard InChI is InChI=1S/C21H29N3O3/c1-4-21(26)24-13-19(23-10-8-22(9-11-23)17(3)25)20(14-24)27-15-18-7-5-6-16(2)12-18/h4-7,12,19-20H,1,8-11,13-15H2,2-3H3/t19-,20-/m1/s1. The van der Waals surface area contributed by atoms with Crippen LogP contribution in [-0.2, 0) is 20.9 Å². The number of nitrogens with zero attached hydrogens (tertiary/aromatic N) is 3. The molecule has 2 aliphatic heterocycles. The molecule has 6 heteroatoms. The van der Waals surface area contributed by atoms with Crippen molar-refractivity contribution in [3.8, 4) is 0 Å². The molecule has 6 nitrogen and oxygen atoms in total. The molecule has 2 aliphatic rings. The topological polar surface area (TPSA) is 53.1 Å². The first-order valence-electron chi connectivity index (χ1n) is 9.56. The van der Waals surface area contributed by atoms with Gasteiger partial charge in [0.05, 0.1) is 18.8 Å². The van der Waals surface area contributed by atoms with Crippen molar-refractivity contribution in [3.63, 3.8) is 0 Å². The number of benzene rings is 1. The molecule has 2 fully saturated rings. The highest BCUT2D eigenvalue weighted by Gasteiger charge is 2.39. The van der Waals surface area contributed by atoms with Crippen molar-refractivity contribution in [3.05, 3.63) is 48.0 Å². The molecule has 2 atom stereocenters. The molecule has 0 radical (unpaired) electrons. The number of rotatable bonds is 5. The lowest BCUT2D eigenvalue weighted by Crippen LogP contribution is -2.54. The summed E-state index contributed by atoms with van der Waals surface area (Å²) in [5.41, 5.74) is 2.35. The molecule has 27 heavy (non-hydrogen) atoms. The summed E-state index contributed by atoms with van der Waals surface area (Å²) >= 11 is 0. The largest absolute Gasteiger partial charge is 0.370 e. The minimum absolute atomic E-state index is 0.0432. The van der Waals surface area contributed by atoms with E-state index in [9.17, 15) is 9.59 Å². The number of piperazine rings is 1. The smallest absolute Gasteiger partial charge is 0.246 e. The molecule has 0 unspecified atom stereocenters. The maximum Gasteiger partial charge on any atom is 0.246 e. The molecule has 1 aromatic carbocycles. The first-order chi connectivity index (χ1) is 13.0. The highest BCUT2D eigenvalue weighted by Crippen LogP contribution is 2.22. The number of aryl methyl sites for hydroxylation is 1. The molecule has 0 aromatic heterocycles. The molecule has 2 heterocycles. The minimum Gasteiger partial charge on any atom is -0.370 e. The van der Waals surface area contributed by atoms with Gasteiger partial charge in [-0.25, -0.2) is 0 Å². The summed E-state index contributed by atoms with van der Waals surface area (Å²) in [6.45, 7) is 12.1. The number of hydrogen-bond donors (Lipinski definition) is 0. The second kappa shape index (κ2) is 8.67. The zero-order valence-corrected chi connectivity index (χ0v) is 16.3. The number of carbonyl (C=O) groups excluding carboxylic acids is 2. The van der Waals surface area contributed by atoms with Crippen molar-refractivity contribution in [2.45, 2.75) is 32.6 Å². The lowest BCUT2D eigenvalue weighted by atomic mass is 10.1. The fourth-order valence-electron chi connectivity index (χ4n) is 3.95. The highest BCUT2D eigenvalue weighted by molar-refractivity contribution is 5.87. The Morgan fingerprint density at radius 1 is 1.19 bits per heavy atom. The lowest BCUT2D eigenvalue weighted by Gasteiger charge is -2.39. The van der Waals surface area contributed by atoms with Crippen molar-refractivity contribution >= 4 is 11.8 Å². The van der Waals surface area contributed by atoms with E-state index in [1.165, 1.54) is 11.6 Å². The van der Waals surface area contributed by atoms with Gasteiger partial charge in [-0.05, 0) is 18.6 Å². The number of amides is 2. The summed E-state index contributed by atoms with van der Waals surface area (Å²) in [4.78, 5) is 29.8. The van der Waals surface area contributed by atoms with Crippen molar-refractivity contribution in [2.75, 3.05) is 39.3 Å². The van der Waals surface area contributed by atoms with Gasteiger partial charge in [0.2, 0.25) is 11.8 Å². The Kier molecular flexibility index (Phi) is 6.29. The molecule has 0 aliphatic carbocycles. The average molecular weight is 371 g/mol. The quantitative estimate of drug-likeness (QED) is 0.735. The van der Waals surface area contributed by atoms with Crippen molar-refractivity contribution in [1.82, 2.24) is 14.7 Å². The van der Waals surface area contributed by atoms with E-state index in [1.807, 2.05) is 15.9 Å². The van der Waals surface area contributed by atoms with E-state index in [-0.39, 0.29) is 24.0 Å². The maximum atomic E-state index is 12.1. The summed E-state index contributed by atoms with van der Waals surface area (Å²) in [5.74, 6) is 0.0702. The summed E-state index contributed by atoms with van der Waals surface area (Å²) < 4.78 is 6.26. The minimum atomic E-state index is -0.0518.